The number of amides is 3. The second kappa shape index (κ2) is 9.90. The Balaban J connectivity index is 1.64. The summed E-state index contributed by atoms with van der Waals surface area (Å²) >= 11 is 0. The number of carbonyl (C=O) groups is 3. The molecule has 3 rings (SSSR count). The van der Waals surface area contributed by atoms with E-state index in [4.69, 9.17) is 0 Å². The van der Waals surface area contributed by atoms with Crippen LogP contribution in [0.1, 0.15) is 21.5 Å². The van der Waals surface area contributed by atoms with E-state index in [1.165, 1.54) is 24.3 Å². The number of anilines is 2. The third-order valence-electron chi connectivity index (χ3n) is 4.32. The van der Waals surface area contributed by atoms with Crippen LogP contribution in [0.4, 0.5) is 11.4 Å². The molecule has 162 valence electrons. The van der Waals surface area contributed by atoms with Gasteiger partial charge in [-0.25, -0.2) is 5.43 Å². The molecule has 0 aliphatic carbocycles. The van der Waals surface area contributed by atoms with Crippen molar-refractivity contribution in [1.29, 1.82) is 0 Å². The summed E-state index contributed by atoms with van der Waals surface area (Å²) in [4.78, 5) is 36.9. The summed E-state index contributed by atoms with van der Waals surface area (Å²) in [7, 11) is 0. The number of benzene rings is 3. The highest BCUT2D eigenvalue weighted by atomic mass is 16.3. The summed E-state index contributed by atoms with van der Waals surface area (Å²) in [6.07, 6.45) is 1.11. The Hall–Kier alpha value is -4.66. The van der Waals surface area contributed by atoms with Crippen LogP contribution in [0.5, 0.6) is 11.5 Å². The molecule has 0 unspecified atom stereocenters. The van der Waals surface area contributed by atoms with Gasteiger partial charge in [0, 0.05) is 17.3 Å². The highest BCUT2D eigenvalue weighted by Crippen LogP contribution is 2.21. The number of phenolic OH excluding ortho intramolecular Hbond substituents is 2. The fourth-order valence-electron chi connectivity index (χ4n) is 2.66. The van der Waals surface area contributed by atoms with Gasteiger partial charge in [0.15, 0.2) is 0 Å². The van der Waals surface area contributed by atoms with Gasteiger partial charge in [0.05, 0.1) is 17.5 Å². The number of aryl methyl sites for hydroxylation is 1. The third-order valence-corrected chi connectivity index (χ3v) is 4.32. The van der Waals surface area contributed by atoms with Crippen LogP contribution in [0.15, 0.2) is 71.8 Å². The van der Waals surface area contributed by atoms with E-state index in [-0.39, 0.29) is 28.3 Å². The molecule has 3 aromatic carbocycles. The van der Waals surface area contributed by atoms with Crippen molar-refractivity contribution < 1.29 is 24.6 Å². The maximum atomic E-state index is 12.6. The Morgan fingerprint density at radius 3 is 2.31 bits per heavy atom. The van der Waals surface area contributed by atoms with E-state index in [2.05, 4.69) is 15.7 Å². The van der Waals surface area contributed by atoms with Gasteiger partial charge < -0.3 is 20.8 Å². The fraction of sp³-hybridized carbons (Fsp3) is 0.0435. The average molecular weight is 432 g/mol. The SMILES string of the molecule is Cc1ccc(NC(=O)c2ccccc2NC(=O)C(=O)N/N=C\c2ccc(O)cc2O)cc1. The average Bonchev–Trinajstić information content (AvgIpc) is 2.77. The number of para-hydroxylation sites is 1. The van der Waals surface area contributed by atoms with Crippen LogP contribution in [0, 0.1) is 6.92 Å². The molecule has 0 fully saturated rings. The smallest absolute Gasteiger partial charge is 0.329 e. The van der Waals surface area contributed by atoms with Crippen LogP contribution >= 0.6 is 0 Å². The monoisotopic (exact) mass is 432 g/mol. The van der Waals surface area contributed by atoms with Gasteiger partial charge >= 0.3 is 11.8 Å². The van der Waals surface area contributed by atoms with Crippen molar-refractivity contribution in [2.45, 2.75) is 6.92 Å². The van der Waals surface area contributed by atoms with Gasteiger partial charge in [0.25, 0.3) is 5.91 Å². The molecular formula is C23H20N4O5. The van der Waals surface area contributed by atoms with Crippen molar-refractivity contribution in [1.82, 2.24) is 5.43 Å². The zero-order valence-electron chi connectivity index (χ0n) is 17.0. The predicted molar refractivity (Wildman–Crippen MR) is 120 cm³/mol. The summed E-state index contributed by atoms with van der Waals surface area (Å²) < 4.78 is 0. The first-order chi connectivity index (χ1) is 15.3. The van der Waals surface area contributed by atoms with E-state index < -0.39 is 17.7 Å². The first-order valence-corrected chi connectivity index (χ1v) is 9.47. The molecule has 0 aliphatic rings. The van der Waals surface area contributed by atoms with Gasteiger partial charge in [-0.1, -0.05) is 29.8 Å². The molecule has 0 aliphatic heterocycles. The van der Waals surface area contributed by atoms with Crippen LogP contribution in [-0.2, 0) is 9.59 Å². The van der Waals surface area contributed by atoms with Crippen molar-refractivity contribution in [3.05, 3.63) is 83.4 Å². The highest BCUT2D eigenvalue weighted by molar-refractivity contribution is 6.40. The lowest BCUT2D eigenvalue weighted by Crippen LogP contribution is -2.33. The normalized spacial score (nSPS) is 10.5. The van der Waals surface area contributed by atoms with E-state index in [0.717, 1.165) is 17.8 Å². The van der Waals surface area contributed by atoms with Crippen molar-refractivity contribution >= 4 is 35.3 Å². The Morgan fingerprint density at radius 2 is 1.59 bits per heavy atom. The van der Waals surface area contributed by atoms with Gasteiger partial charge in [-0.05, 0) is 43.3 Å². The lowest BCUT2D eigenvalue weighted by molar-refractivity contribution is -0.136. The molecule has 0 radical (unpaired) electrons. The quantitative estimate of drug-likeness (QED) is 0.240. The van der Waals surface area contributed by atoms with Crippen LogP contribution in [0.25, 0.3) is 0 Å². The minimum atomic E-state index is -1.08. The Morgan fingerprint density at radius 1 is 0.875 bits per heavy atom. The van der Waals surface area contributed by atoms with Crippen LogP contribution in [-0.4, -0.2) is 34.1 Å². The molecule has 0 spiro atoms. The summed E-state index contributed by atoms with van der Waals surface area (Å²) in [6, 6.07) is 17.3. The maximum absolute atomic E-state index is 12.6. The number of hydrazone groups is 1. The molecule has 9 nitrogen and oxygen atoms in total. The number of nitrogens with one attached hydrogen (secondary N) is 3. The van der Waals surface area contributed by atoms with Gasteiger partial charge in [-0.3, -0.25) is 14.4 Å². The molecule has 0 bridgehead atoms. The van der Waals surface area contributed by atoms with Crippen molar-refractivity contribution in [2.24, 2.45) is 5.10 Å². The van der Waals surface area contributed by atoms with Gasteiger partial charge in [-0.15, -0.1) is 0 Å². The van der Waals surface area contributed by atoms with E-state index in [0.29, 0.717) is 5.69 Å². The molecule has 3 amide bonds. The first-order valence-electron chi connectivity index (χ1n) is 9.47. The Labute approximate surface area is 183 Å². The minimum Gasteiger partial charge on any atom is -0.508 e. The number of rotatable bonds is 5. The highest BCUT2D eigenvalue weighted by Gasteiger charge is 2.17. The van der Waals surface area contributed by atoms with E-state index >= 15 is 0 Å². The van der Waals surface area contributed by atoms with Crippen LogP contribution < -0.4 is 16.1 Å². The second-order valence-electron chi connectivity index (χ2n) is 6.76. The standard InChI is InChI=1S/C23H20N4O5/c1-14-6-9-16(10-7-14)25-21(30)18-4-2-3-5-19(18)26-22(31)23(32)27-24-13-15-8-11-17(28)12-20(15)29/h2-13,28-29H,1H3,(H,25,30)(H,26,31)(H,27,32)/b24-13-. The lowest BCUT2D eigenvalue weighted by Gasteiger charge is -2.11. The number of hydrogen-bond donors (Lipinski definition) is 5. The Kier molecular flexibility index (Phi) is 6.81. The predicted octanol–water partition coefficient (Wildman–Crippen LogP) is 2.75. The number of phenols is 2. The zero-order chi connectivity index (χ0) is 23.1. The summed E-state index contributed by atoms with van der Waals surface area (Å²) in [5, 5.41) is 27.7. The van der Waals surface area contributed by atoms with Gasteiger partial charge in [-0.2, -0.15) is 5.10 Å². The third kappa shape index (κ3) is 5.70. The van der Waals surface area contributed by atoms with Gasteiger partial charge in [0.2, 0.25) is 0 Å². The number of hydrogen-bond acceptors (Lipinski definition) is 6. The fourth-order valence-corrected chi connectivity index (χ4v) is 2.66. The minimum absolute atomic E-state index is 0.131. The Bertz CT molecular complexity index is 1190. The molecule has 3 aromatic rings. The van der Waals surface area contributed by atoms with Crippen molar-refractivity contribution in [3.8, 4) is 11.5 Å². The topological polar surface area (TPSA) is 140 Å². The molecule has 0 saturated carbocycles. The first kappa shape index (κ1) is 22.0. The van der Waals surface area contributed by atoms with Gasteiger partial charge in [0.1, 0.15) is 11.5 Å². The summed E-state index contributed by atoms with van der Waals surface area (Å²) in [6.45, 7) is 1.93. The lowest BCUT2D eigenvalue weighted by atomic mass is 10.1. The van der Waals surface area contributed by atoms with Crippen LogP contribution in [0.3, 0.4) is 0 Å². The molecule has 0 saturated heterocycles. The molecule has 5 N–H and O–H groups in total. The maximum Gasteiger partial charge on any atom is 0.329 e. The second-order valence-corrected chi connectivity index (χ2v) is 6.76. The van der Waals surface area contributed by atoms with E-state index in [1.807, 2.05) is 24.5 Å². The van der Waals surface area contributed by atoms with Crippen LogP contribution in [0.2, 0.25) is 0 Å². The molecule has 32 heavy (non-hydrogen) atoms. The number of carbonyl (C=O) groups excluding carboxylic acids is 3. The van der Waals surface area contributed by atoms with E-state index in [1.54, 1.807) is 24.3 Å². The number of nitrogens with zero attached hydrogens (tertiary/aromatic N) is 1. The largest absolute Gasteiger partial charge is 0.508 e. The molecule has 9 heteroatoms. The number of aromatic hydroxyl groups is 2. The molecule has 0 atom stereocenters. The van der Waals surface area contributed by atoms with Crippen molar-refractivity contribution in [3.63, 3.8) is 0 Å². The molecular weight excluding hydrogens is 412 g/mol. The summed E-state index contributed by atoms with van der Waals surface area (Å²) in [5.74, 6) is -2.94. The molecule has 0 aromatic heterocycles. The zero-order valence-corrected chi connectivity index (χ0v) is 17.0. The summed E-state index contributed by atoms with van der Waals surface area (Å²) in [5.41, 5.74) is 4.21. The molecule has 0 heterocycles. The van der Waals surface area contributed by atoms with Crippen molar-refractivity contribution in [2.75, 3.05) is 10.6 Å². The van der Waals surface area contributed by atoms with E-state index in [9.17, 15) is 24.6 Å².